The van der Waals surface area contributed by atoms with Crippen LogP contribution in [0.4, 0.5) is 0 Å². The highest BCUT2D eigenvalue weighted by molar-refractivity contribution is 5.96. The summed E-state index contributed by atoms with van der Waals surface area (Å²) in [6.45, 7) is 1.67. The number of carbonyl (C=O) groups is 3. The maximum atomic E-state index is 12.6. The molecule has 0 radical (unpaired) electrons. The fraction of sp³-hybridized carbons (Fsp3) is 0.192. The molecule has 0 unspecified atom stereocenters. The van der Waals surface area contributed by atoms with E-state index in [2.05, 4.69) is 10.6 Å². The summed E-state index contributed by atoms with van der Waals surface area (Å²) < 4.78 is 5.37. The summed E-state index contributed by atoms with van der Waals surface area (Å²) >= 11 is 0. The van der Waals surface area contributed by atoms with Crippen LogP contribution in [0.15, 0.2) is 91.0 Å². The Hall–Kier alpha value is -3.93. The van der Waals surface area contributed by atoms with Crippen molar-refractivity contribution in [3.8, 4) is 0 Å². The number of amides is 2. The first-order valence-corrected chi connectivity index (χ1v) is 10.5. The molecule has 0 heterocycles. The van der Waals surface area contributed by atoms with Gasteiger partial charge >= 0.3 is 5.97 Å². The Bertz CT molecular complexity index is 1020. The first-order chi connectivity index (χ1) is 15.5. The summed E-state index contributed by atoms with van der Waals surface area (Å²) in [7, 11) is 0. The largest absolute Gasteiger partial charge is 0.464 e. The van der Waals surface area contributed by atoms with Gasteiger partial charge in [0.05, 0.1) is 12.6 Å². The molecule has 164 valence electrons. The van der Waals surface area contributed by atoms with Gasteiger partial charge in [-0.25, -0.2) is 4.79 Å². The lowest BCUT2D eigenvalue weighted by Gasteiger charge is -2.20. The SMILES string of the molecule is C[C@H](NC(=O)c1ccccc1)C(=O)OCC[C@H](NC(=O)c1ccccc1)c1ccccc1. The molecule has 0 aliphatic carbocycles. The van der Waals surface area contributed by atoms with Gasteiger partial charge in [0, 0.05) is 17.5 Å². The molecule has 2 atom stereocenters. The van der Waals surface area contributed by atoms with Crippen molar-refractivity contribution in [2.45, 2.75) is 25.4 Å². The van der Waals surface area contributed by atoms with E-state index in [-0.39, 0.29) is 24.5 Å². The highest BCUT2D eigenvalue weighted by Crippen LogP contribution is 2.18. The molecule has 0 saturated carbocycles. The molecule has 0 fully saturated rings. The lowest BCUT2D eigenvalue weighted by molar-refractivity contribution is -0.145. The Morgan fingerprint density at radius 3 is 1.72 bits per heavy atom. The van der Waals surface area contributed by atoms with Gasteiger partial charge in [-0.05, 0) is 36.8 Å². The standard InChI is InChI=1S/C26H26N2O4/c1-19(27-24(29)21-13-7-3-8-14-21)26(31)32-18-17-23(20-11-5-2-6-12-20)28-25(30)22-15-9-4-10-16-22/h2-16,19,23H,17-18H2,1H3,(H,27,29)(H,28,30)/t19-,23-/m0/s1. The number of ether oxygens (including phenoxy) is 1. The second kappa shape index (κ2) is 11.5. The number of carbonyl (C=O) groups excluding carboxylic acids is 3. The second-order valence-electron chi connectivity index (χ2n) is 7.32. The molecule has 0 aromatic heterocycles. The highest BCUT2D eigenvalue weighted by Gasteiger charge is 2.20. The number of nitrogens with one attached hydrogen (secondary N) is 2. The Balaban J connectivity index is 1.55. The smallest absolute Gasteiger partial charge is 0.328 e. The zero-order valence-corrected chi connectivity index (χ0v) is 17.9. The molecule has 3 aromatic rings. The lowest BCUT2D eigenvalue weighted by Crippen LogP contribution is -2.40. The van der Waals surface area contributed by atoms with Crippen molar-refractivity contribution in [2.75, 3.05) is 6.61 Å². The Morgan fingerprint density at radius 2 is 1.19 bits per heavy atom. The summed E-state index contributed by atoms with van der Waals surface area (Å²) in [4.78, 5) is 37.2. The molecule has 0 spiro atoms. The van der Waals surface area contributed by atoms with Gasteiger partial charge in [0.1, 0.15) is 6.04 Å². The molecule has 3 aromatic carbocycles. The molecule has 3 rings (SSSR count). The third-order valence-corrected chi connectivity index (χ3v) is 4.93. The van der Waals surface area contributed by atoms with Gasteiger partial charge in [0.15, 0.2) is 0 Å². The number of rotatable bonds is 9. The second-order valence-corrected chi connectivity index (χ2v) is 7.32. The lowest BCUT2D eigenvalue weighted by atomic mass is 10.0. The summed E-state index contributed by atoms with van der Waals surface area (Å²) in [5.74, 6) is -1.07. The minimum absolute atomic E-state index is 0.0962. The van der Waals surface area contributed by atoms with Gasteiger partial charge in [-0.1, -0.05) is 66.7 Å². The highest BCUT2D eigenvalue weighted by atomic mass is 16.5. The monoisotopic (exact) mass is 430 g/mol. The van der Waals surface area contributed by atoms with Crippen LogP contribution in [0.25, 0.3) is 0 Å². The molecule has 2 N–H and O–H groups in total. The van der Waals surface area contributed by atoms with Crippen molar-refractivity contribution in [3.05, 3.63) is 108 Å². The van der Waals surface area contributed by atoms with Gasteiger partial charge < -0.3 is 15.4 Å². The molecule has 0 aliphatic heterocycles. The number of hydrogen-bond donors (Lipinski definition) is 2. The average Bonchev–Trinajstić information content (AvgIpc) is 2.84. The van der Waals surface area contributed by atoms with Crippen LogP contribution in [0.1, 0.15) is 45.7 Å². The summed E-state index contributed by atoms with van der Waals surface area (Å²) in [6, 6.07) is 26.0. The minimum Gasteiger partial charge on any atom is -0.464 e. The van der Waals surface area contributed by atoms with Gasteiger partial charge in [-0.3, -0.25) is 9.59 Å². The summed E-state index contributed by atoms with van der Waals surface area (Å²) in [5, 5.41) is 5.64. The molecule has 32 heavy (non-hydrogen) atoms. The fourth-order valence-corrected chi connectivity index (χ4v) is 3.17. The summed E-state index contributed by atoms with van der Waals surface area (Å²) in [5.41, 5.74) is 1.95. The maximum Gasteiger partial charge on any atom is 0.328 e. The predicted octanol–water partition coefficient (Wildman–Crippen LogP) is 3.91. The van der Waals surface area contributed by atoms with E-state index in [9.17, 15) is 14.4 Å². The van der Waals surface area contributed by atoms with Gasteiger partial charge in [0.2, 0.25) is 0 Å². The normalized spacial score (nSPS) is 12.3. The zero-order chi connectivity index (χ0) is 22.8. The quantitative estimate of drug-likeness (QED) is 0.504. The van der Waals surface area contributed by atoms with E-state index in [1.807, 2.05) is 42.5 Å². The molecule has 6 heteroatoms. The van der Waals surface area contributed by atoms with Gasteiger partial charge in [-0.15, -0.1) is 0 Å². The number of benzene rings is 3. The number of hydrogen-bond acceptors (Lipinski definition) is 4. The van der Waals surface area contributed by atoms with Crippen molar-refractivity contribution in [1.29, 1.82) is 0 Å². The third kappa shape index (κ3) is 6.54. The third-order valence-electron chi connectivity index (χ3n) is 4.93. The molecule has 6 nitrogen and oxygen atoms in total. The van der Waals surface area contributed by atoms with Crippen molar-refractivity contribution in [1.82, 2.24) is 10.6 Å². The van der Waals surface area contributed by atoms with Gasteiger partial charge in [-0.2, -0.15) is 0 Å². The molecule has 0 saturated heterocycles. The Kier molecular flexibility index (Phi) is 8.15. The Labute approximate surface area is 187 Å². The van der Waals surface area contributed by atoms with Crippen molar-refractivity contribution < 1.29 is 19.1 Å². The van der Waals surface area contributed by atoms with E-state index in [0.717, 1.165) is 5.56 Å². The maximum absolute atomic E-state index is 12.6. The van der Waals surface area contributed by atoms with Crippen LogP contribution >= 0.6 is 0 Å². The van der Waals surface area contributed by atoms with E-state index in [4.69, 9.17) is 4.74 Å². The van der Waals surface area contributed by atoms with E-state index in [0.29, 0.717) is 17.5 Å². The first-order valence-electron chi connectivity index (χ1n) is 10.5. The predicted molar refractivity (Wildman–Crippen MR) is 122 cm³/mol. The molecular formula is C26H26N2O4. The van der Waals surface area contributed by atoms with Crippen molar-refractivity contribution >= 4 is 17.8 Å². The fourth-order valence-electron chi connectivity index (χ4n) is 3.17. The van der Waals surface area contributed by atoms with Crippen molar-refractivity contribution in [2.24, 2.45) is 0 Å². The summed E-state index contributed by atoms with van der Waals surface area (Å²) in [6.07, 6.45) is 0.397. The molecule has 2 amide bonds. The molecular weight excluding hydrogens is 404 g/mol. The first kappa shape index (κ1) is 22.7. The van der Waals surface area contributed by atoms with Gasteiger partial charge in [0.25, 0.3) is 11.8 Å². The molecule has 0 bridgehead atoms. The van der Waals surface area contributed by atoms with Crippen LogP contribution < -0.4 is 10.6 Å². The zero-order valence-electron chi connectivity index (χ0n) is 17.9. The number of esters is 1. The van der Waals surface area contributed by atoms with E-state index in [1.165, 1.54) is 0 Å². The van der Waals surface area contributed by atoms with Crippen LogP contribution in [0, 0.1) is 0 Å². The topological polar surface area (TPSA) is 84.5 Å². The molecule has 0 aliphatic rings. The van der Waals surface area contributed by atoms with E-state index < -0.39 is 12.0 Å². The van der Waals surface area contributed by atoms with Crippen molar-refractivity contribution in [3.63, 3.8) is 0 Å². The van der Waals surface area contributed by atoms with Crippen LogP contribution in [-0.2, 0) is 9.53 Å². The van der Waals surface area contributed by atoms with Crippen LogP contribution in [0.5, 0.6) is 0 Å². The van der Waals surface area contributed by atoms with Crippen LogP contribution in [0.2, 0.25) is 0 Å². The van der Waals surface area contributed by atoms with E-state index >= 15 is 0 Å². The van der Waals surface area contributed by atoms with Crippen LogP contribution in [0.3, 0.4) is 0 Å². The van der Waals surface area contributed by atoms with Crippen LogP contribution in [-0.4, -0.2) is 30.4 Å². The average molecular weight is 431 g/mol. The minimum atomic E-state index is -0.795. The Morgan fingerprint density at radius 1 is 0.719 bits per heavy atom. The van der Waals surface area contributed by atoms with E-state index in [1.54, 1.807) is 55.5 Å².